The summed E-state index contributed by atoms with van der Waals surface area (Å²) in [4.78, 5) is 14.6. The fourth-order valence-electron chi connectivity index (χ4n) is 2.73. The Bertz CT molecular complexity index is 477. The fourth-order valence-corrected chi connectivity index (χ4v) is 2.73. The van der Waals surface area contributed by atoms with Crippen LogP contribution in [0.2, 0.25) is 0 Å². The number of benzene rings is 1. The molecule has 1 heterocycles. The summed E-state index contributed by atoms with van der Waals surface area (Å²) in [5, 5.41) is 0. The number of carbonyl (C=O) groups is 1. The van der Waals surface area contributed by atoms with Gasteiger partial charge in [0, 0.05) is 13.1 Å². The molecule has 0 bridgehead atoms. The van der Waals surface area contributed by atoms with E-state index < -0.39 is 0 Å². The van der Waals surface area contributed by atoms with Gasteiger partial charge >= 0.3 is 0 Å². The van der Waals surface area contributed by atoms with Gasteiger partial charge in [-0.1, -0.05) is 6.07 Å². The van der Waals surface area contributed by atoms with Gasteiger partial charge < -0.3 is 9.47 Å². The minimum absolute atomic E-state index is 0.100. The third-order valence-electron chi connectivity index (χ3n) is 3.52. The maximum Gasteiger partial charge on any atom is 0.180 e. The van der Waals surface area contributed by atoms with E-state index in [9.17, 15) is 4.79 Å². The molecule has 2 atom stereocenters. The van der Waals surface area contributed by atoms with Gasteiger partial charge in [-0.05, 0) is 38.5 Å². The minimum atomic E-state index is 0.100. The number of hydrogen-bond acceptors (Lipinski definition) is 4. The summed E-state index contributed by atoms with van der Waals surface area (Å²) in [6, 6.07) is 5.70. The lowest BCUT2D eigenvalue weighted by Crippen LogP contribution is -2.47. The smallest absolute Gasteiger partial charge is 0.180 e. The van der Waals surface area contributed by atoms with E-state index in [1.54, 1.807) is 7.11 Å². The number of rotatable bonds is 4. The molecule has 1 aromatic carbocycles. The predicted octanol–water partition coefficient (Wildman–Crippen LogP) is 2.30. The van der Waals surface area contributed by atoms with Gasteiger partial charge in [0.05, 0.1) is 31.4 Å². The van der Waals surface area contributed by atoms with Gasteiger partial charge in [-0.15, -0.1) is 0 Å². The Hall–Kier alpha value is -1.39. The number of hydrogen-bond donors (Lipinski definition) is 0. The van der Waals surface area contributed by atoms with Crippen LogP contribution in [0.1, 0.15) is 29.8 Å². The zero-order chi connectivity index (χ0) is 14.7. The van der Waals surface area contributed by atoms with Gasteiger partial charge in [0.1, 0.15) is 5.75 Å². The van der Waals surface area contributed by atoms with Crippen molar-refractivity contribution in [2.75, 3.05) is 26.7 Å². The first-order valence-electron chi connectivity index (χ1n) is 7.05. The highest BCUT2D eigenvalue weighted by Crippen LogP contribution is 2.21. The topological polar surface area (TPSA) is 38.8 Å². The maximum absolute atomic E-state index is 12.5. The van der Waals surface area contributed by atoms with Gasteiger partial charge in [0.2, 0.25) is 0 Å². The fraction of sp³-hybridized carbons (Fsp3) is 0.562. The van der Waals surface area contributed by atoms with E-state index in [1.807, 2.05) is 39.0 Å². The van der Waals surface area contributed by atoms with Gasteiger partial charge in [-0.3, -0.25) is 9.69 Å². The molecule has 0 aromatic heterocycles. The van der Waals surface area contributed by atoms with Crippen LogP contribution < -0.4 is 4.74 Å². The molecule has 1 saturated heterocycles. The van der Waals surface area contributed by atoms with Crippen LogP contribution in [0.5, 0.6) is 5.75 Å². The molecule has 20 heavy (non-hydrogen) atoms. The van der Waals surface area contributed by atoms with Crippen LogP contribution in [0.15, 0.2) is 18.2 Å². The molecule has 4 nitrogen and oxygen atoms in total. The van der Waals surface area contributed by atoms with Crippen LogP contribution in [0.25, 0.3) is 0 Å². The highest BCUT2D eigenvalue weighted by Gasteiger charge is 2.24. The lowest BCUT2D eigenvalue weighted by Gasteiger charge is -2.34. The van der Waals surface area contributed by atoms with E-state index in [4.69, 9.17) is 9.47 Å². The summed E-state index contributed by atoms with van der Waals surface area (Å²) in [6.07, 6.45) is 0.345. The van der Waals surface area contributed by atoms with Crippen molar-refractivity contribution >= 4 is 5.78 Å². The van der Waals surface area contributed by atoms with Crippen molar-refractivity contribution in [1.82, 2.24) is 4.90 Å². The van der Waals surface area contributed by atoms with Crippen LogP contribution in [-0.2, 0) is 4.74 Å². The number of Topliss-reactive ketones (excluding diaryl/α,β-unsaturated/α-hetero) is 1. The van der Waals surface area contributed by atoms with E-state index in [2.05, 4.69) is 4.90 Å². The first kappa shape index (κ1) is 15.0. The van der Waals surface area contributed by atoms with Crippen molar-refractivity contribution in [2.24, 2.45) is 0 Å². The van der Waals surface area contributed by atoms with Crippen LogP contribution in [-0.4, -0.2) is 49.6 Å². The second-order valence-corrected chi connectivity index (χ2v) is 5.58. The zero-order valence-corrected chi connectivity index (χ0v) is 12.7. The Labute approximate surface area is 120 Å². The van der Waals surface area contributed by atoms with E-state index in [-0.39, 0.29) is 18.0 Å². The Morgan fingerprint density at radius 2 is 2.00 bits per heavy atom. The molecule has 1 aliphatic rings. The lowest BCUT2D eigenvalue weighted by molar-refractivity contribution is -0.0652. The molecule has 4 heteroatoms. The van der Waals surface area contributed by atoms with Crippen molar-refractivity contribution in [3.05, 3.63) is 29.3 Å². The summed E-state index contributed by atoms with van der Waals surface area (Å²) >= 11 is 0. The first-order valence-corrected chi connectivity index (χ1v) is 7.05. The molecule has 0 unspecified atom stereocenters. The normalized spacial score (nSPS) is 23.6. The van der Waals surface area contributed by atoms with Crippen LogP contribution in [0.3, 0.4) is 0 Å². The van der Waals surface area contributed by atoms with E-state index >= 15 is 0 Å². The summed E-state index contributed by atoms with van der Waals surface area (Å²) in [5.74, 6) is 0.757. The van der Waals surface area contributed by atoms with Crippen LogP contribution in [0.4, 0.5) is 0 Å². The highest BCUT2D eigenvalue weighted by atomic mass is 16.5. The Kier molecular flexibility index (Phi) is 4.78. The molecule has 0 aliphatic carbocycles. The molecule has 1 aromatic rings. The number of carbonyl (C=O) groups excluding carboxylic acids is 1. The number of aryl methyl sites for hydroxylation is 1. The second-order valence-electron chi connectivity index (χ2n) is 5.58. The first-order chi connectivity index (χ1) is 9.49. The van der Waals surface area contributed by atoms with Crippen molar-refractivity contribution < 1.29 is 14.3 Å². The molecular weight excluding hydrogens is 254 g/mol. The number of nitrogens with zero attached hydrogens (tertiary/aromatic N) is 1. The van der Waals surface area contributed by atoms with Crippen molar-refractivity contribution in [1.29, 1.82) is 0 Å². The molecule has 2 rings (SSSR count). The molecular formula is C16H23NO3. The Morgan fingerprint density at radius 3 is 2.60 bits per heavy atom. The van der Waals surface area contributed by atoms with Crippen molar-refractivity contribution in [3.63, 3.8) is 0 Å². The van der Waals surface area contributed by atoms with Crippen LogP contribution >= 0.6 is 0 Å². The third-order valence-corrected chi connectivity index (χ3v) is 3.52. The van der Waals surface area contributed by atoms with E-state index in [0.717, 1.165) is 18.7 Å². The largest absolute Gasteiger partial charge is 0.496 e. The average molecular weight is 277 g/mol. The Morgan fingerprint density at radius 1 is 1.35 bits per heavy atom. The molecule has 0 N–H and O–H groups in total. The number of ether oxygens (including phenoxy) is 2. The van der Waals surface area contributed by atoms with E-state index in [1.165, 1.54) is 0 Å². The van der Waals surface area contributed by atoms with Gasteiger partial charge in [-0.2, -0.15) is 0 Å². The summed E-state index contributed by atoms with van der Waals surface area (Å²) in [7, 11) is 1.60. The lowest BCUT2D eigenvalue weighted by atomic mass is 10.1. The molecule has 0 radical (unpaired) electrons. The van der Waals surface area contributed by atoms with Crippen LogP contribution in [0, 0.1) is 6.92 Å². The SMILES string of the molecule is COc1cc(C)ccc1C(=O)CN1C[C@@H](C)O[C@@H](C)C1. The maximum atomic E-state index is 12.5. The van der Waals surface area contributed by atoms with Crippen molar-refractivity contribution in [2.45, 2.75) is 33.0 Å². The second kappa shape index (κ2) is 6.37. The molecule has 0 amide bonds. The molecule has 0 spiro atoms. The number of morpholine rings is 1. The van der Waals surface area contributed by atoms with Crippen molar-refractivity contribution in [3.8, 4) is 5.75 Å². The van der Waals surface area contributed by atoms with E-state index in [0.29, 0.717) is 17.9 Å². The predicted molar refractivity (Wildman–Crippen MR) is 78.5 cm³/mol. The Balaban J connectivity index is 2.08. The number of ketones is 1. The number of methoxy groups -OCH3 is 1. The third kappa shape index (κ3) is 3.58. The molecule has 0 saturated carbocycles. The standard InChI is InChI=1S/C16H23NO3/c1-11-5-6-14(16(7-11)19-4)15(18)10-17-8-12(2)20-13(3)9-17/h5-7,12-13H,8-10H2,1-4H3/t12-,13+. The van der Waals surface area contributed by atoms with Gasteiger partial charge in [0.15, 0.2) is 5.78 Å². The minimum Gasteiger partial charge on any atom is -0.496 e. The van der Waals surface area contributed by atoms with Gasteiger partial charge in [0.25, 0.3) is 0 Å². The summed E-state index contributed by atoms with van der Waals surface area (Å²) in [5.41, 5.74) is 1.75. The molecule has 1 aliphatic heterocycles. The average Bonchev–Trinajstić information content (AvgIpc) is 2.37. The molecule has 110 valence electrons. The quantitative estimate of drug-likeness (QED) is 0.792. The summed E-state index contributed by atoms with van der Waals surface area (Å²) in [6.45, 7) is 8.08. The molecule has 1 fully saturated rings. The zero-order valence-electron chi connectivity index (χ0n) is 12.7. The summed E-state index contributed by atoms with van der Waals surface area (Å²) < 4.78 is 11.0. The van der Waals surface area contributed by atoms with Gasteiger partial charge in [-0.25, -0.2) is 0 Å². The monoisotopic (exact) mass is 277 g/mol. The highest BCUT2D eigenvalue weighted by molar-refractivity contribution is 6.00.